The molecule has 4 amide bonds. The Labute approximate surface area is 260 Å². The zero-order chi connectivity index (χ0) is 30.3. The van der Waals surface area contributed by atoms with Crippen LogP contribution in [0.15, 0.2) is 54.6 Å². The molecular weight excluding hydrogens is 554 g/mol. The minimum atomic E-state index is -0.767. The summed E-state index contributed by atoms with van der Waals surface area (Å²) in [5.41, 5.74) is 1.19. The number of ether oxygens (including phenoxy) is 1. The summed E-state index contributed by atoms with van der Waals surface area (Å²) in [6, 6.07) is 17.8. The van der Waals surface area contributed by atoms with Gasteiger partial charge in [-0.3, -0.25) is 9.59 Å². The third kappa shape index (κ3) is 5.39. The van der Waals surface area contributed by atoms with Crippen molar-refractivity contribution in [1.29, 1.82) is 0 Å². The summed E-state index contributed by atoms with van der Waals surface area (Å²) in [7, 11) is 1.64. The first-order valence-electron chi connectivity index (χ1n) is 16.4. The number of hydrogen-bond acceptors (Lipinski definition) is 5. The van der Waals surface area contributed by atoms with Crippen LogP contribution >= 0.6 is 0 Å². The summed E-state index contributed by atoms with van der Waals surface area (Å²) in [5.74, 6) is 2.91. The van der Waals surface area contributed by atoms with E-state index < -0.39 is 5.54 Å². The molecule has 4 aliphatic carbocycles. The quantitative estimate of drug-likeness (QED) is 0.475. The van der Waals surface area contributed by atoms with Gasteiger partial charge in [0.15, 0.2) is 0 Å². The predicted molar refractivity (Wildman–Crippen MR) is 168 cm³/mol. The van der Waals surface area contributed by atoms with Crippen LogP contribution in [0.3, 0.4) is 0 Å². The van der Waals surface area contributed by atoms with E-state index >= 15 is 0 Å². The number of piperidine rings is 1. The van der Waals surface area contributed by atoms with E-state index in [9.17, 15) is 14.4 Å². The van der Waals surface area contributed by atoms with Gasteiger partial charge < -0.3 is 30.1 Å². The second-order valence-electron chi connectivity index (χ2n) is 14.0. The molecule has 4 saturated carbocycles. The first-order chi connectivity index (χ1) is 21.4. The SMILES string of the molecule is COc1ccccc1CCNC(=O)CN1CN(c2ccccc2)C2(CCN(C(=O)NC34CC5CC(CC(C5)C3)C4)CC2)C1=O. The number of likely N-dealkylation sites (tertiary alicyclic amines) is 1. The number of rotatable bonds is 8. The van der Waals surface area contributed by atoms with Crippen molar-refractivity contribution < 1.29 is 19.1 Å². The summed E-state index contributed by atoms with van der Waals surface area (Å²) in [6.07, 6.45) is 9.13. The van der Waals surface area contributed by atoms with Gasteiger partial charge in [0, 0.05) is 30.9 Å². The van der Waals surface area contributed by atoms with Gasteiger partial charge in [0.25, 0.3) is 5.91 Å². The maximum Gasteiger partial charge on any atom is 0.317 e. The highest BCUT2D eigenvalue weighted by Crippen LogP contribution is 2.55. The molecule has 6 aliphatic rings. The van der Waals surface area contributed by atoms with Gasteiger partial charge in [-0.05, 0) is 99.3 Å². The maximum atomic E-state index is 14.1. The Kier molecular flexibility index (Phi) is 7.67. The molecule has 8 rings (SSSR count). The molecule has 234 valence electrons. The molecule has 2 N–H and O–H groups in total. The smallest absolute Gasteiger partial charge is 0.317 e. The number of nitrogens with zero attached hydrogens (tertiary/aromatic N) is 3. The molecule has 44 heavy (non-hydrogen) atoms. The largest absolute Gasteiger partial charge is 0.496 e. The Morgan fingerprint density at radius 2 is 1.55 bits per heavy atom. The Bertz CT molecular complexity index is 1350. The van der Waals surface area contributed by atoms with Gasteiger partial charge in [-0.15, -0.1) is 0 Å². The number of hydrogen-bond donors (Lipinski definition) is 2. The lowest BCUT2D eigenvalue weighted by atomic mass is 9.53. The van der Waals surface area contributed by atoms with Crippen LogP contribution in [0.5, 0.6) is 5.75 Å². The van der Waals surface area contributed by atoms with Crippen molar-refractivity contribution in [3.63, 3.8) is 0 Å². The Morgan fingerprint density at radius 1 is 0.909 bits per heavy atom. The Hall–Kier alpha value is -3.75. The van der Waals surface area contributed by atoms with Crippen LogP contribution < -0.4 is 20.3 Å². The zero-order valence-electron chi connectivity index (χ0n) is 25.8. The molecule has 6 fully saturated rings. The van der Waals surface area contributed by atoms with Gasteiger partial charge in [-0.25, -0.2) is 4.79 Å². The molecule has 0 aromatic heterocycles. The van der Waals surface area contributed by atoms with Crippen LogP contribution in [0.4, 0.5) is 10.5 Å². The first kappa shape index (κ1) is 29.0. The van der Waals surface area contributed by atoms with Crippen LogP contribution in [-0.4, -0.2) is 78.7 Å². The molecule has 0 radical (unpaired) electrons. The second-order valence-corrected chi connectivity index (χ2v) is 14.0. The highest BCUT2D eigenvalue weighted by atomic mass is 16.5. The average Bonchev–Trinajstić information content (AvgIpc) is 3.27. The summed E-state index contributed by atoms with van der Waals surface area (Å²) >= 11 is 0. The summed E-state index contributed by atoms with van der Waals surface area (Å²) in [5, 5.41) is 6.51. The van der Waals surface area contributed by atoms with E-state index in [-0.39, 0.29) is 29.9 Å². The minimum absolute atomic E-state index is 0.00601. The van der Waals surface area contributed by atoms with Gasteiger partial charge in [0.2, 0.25) is 5.91 Å². The van der Waals surface area contributed by atoms with E-state index in [2.05, 4.69) is 15.5 Å². The lowest BCUT2D eigenvalue weighted by Gasteiger charge is -2.57. The normalized spacial score (nSPS) is 28.4. The van der Waals surface area contributed by atoms with E-state index in [1.165, 1.54) is 19.3 Å². The molecule has 2 aliphatic heterocycles. The fourth-order valence-corrected chi connectivity index (χ4v) is 9.45. The number of urea groups is 1. The van der Waals surface area contributed by atoms with Crippen molar-refractivity contribution in [3.8, 4) is 5.75 Å². The van der Waals surface area contributed by atoms with Crippen molar-refractivity contribution in [1.82, 2.24) is 20.4 Å². The van der Waals surface area contributed by atoms with Crippen molar-refractivity contribution >= 4 is 23.5 Å². The molecular formula is C35H45N5O4. The lowest BCUT2D eigenvalue weighted by molar-refractivity contribution is -0.137. The van der Waals surface area contributed by atoms with Crippen LogP contribution in [0.25, 0.3) is 0 Å². The number of carbonyl (C=O) groups is 3. The van der Waals surface area contributed by atoms with E-state index in [1.54, 1.807) is 12.0 Å². The van der Waals surface area contributed by atoms with Crippen molar-refractivity contribution in [2.75, 3.05) is 44.9 Å². The standard InChI is InChI=1S/C35H45N5O4/c1-44-30-10-6-5-7-28(30)11-14-36-31(41)23-39-24-40(29-8-3-2-4-9-29)35(32(39)42)12-15-38(16-13-35)33(43)37-34-20-25-17-26(21-34)19-27(18-25)22-34/h2-10,25-27H,11-24H2,1H3,(H,36,41)(H,37,43). The van der Waals surface area contributed by atoms with Gasteiger partial charge in [0.05, 0.1) is 13.8 Å². The molecule has 0 unspecified atom stereocenters. The number of carbonyl (C=O) groups excluding carboxylic acids is 3. The predicted octanol–water partition coefficient (Wildman–Crippen LogP) is 4.17. The second kappa shape index (κ2) is 11.6. The van der Waals surface area contributed by atoms with Gasteiger partial charge in [0.1, 0.15) is 17.8 Å². The monoisotopic (exact) mass is 599 g/mol. The number of methoxy groups -OCH3 is 1. The van der Waals surface area contributed by atoms with Crippen molar-refractivity contribution in [2.45, 2.75) is 68.9 Å². The Morgan fingerprint density at radius 3 is 2.20 bits per heavy atom. The Balaban J connectivity index is 0.996. The van der Waals surface area contributed by atoms with E-state index in [4.69, 9.17) is 4.74 Å². The zero-order valence-corrected chi connectivity index (χ0v) is 25.8. The number of para-hydroxylation sites is 2. The van der Waals surface area contributed by atoms with Crippen molar-refractivity contribution in [3.05, 3.63) is 60.2 Å². The van der Waals surface area contributed by atoms with Crippen LogP contribution in [-0.2, 0) is 16.0 Å². The molecule has 2 heterocycles. The average molecular weight is 600 g/mol. The fourth-order valence-electron chi connectivity index (χ4n) is 9.45. The van der Waals surface area contributed by atoms with Crippen LogP contribution in [0.1, 0.15) is 56.9 Å². The molecule has 2 saturated heterocycles. The van der Waals surface area contributed by atoms with E-state index in [0.29, 0.717) is 45.6 Å². The third-order valence-electron chi connectivity index (χ3n) is 11.1. The number of amides is 4. The highest BCUT2D eigenvalue weighted by Gasteiger charge is 2.55. The van der Waals surface area contributed by atoms with E-state index in [1.807, 2.05) is 59.5 Å². The maximum absolute atomic E-state index is 14.1. The minimum Gasteiger partial charge on any atom is -0.496 e. The van der Waals surface area contributed by atoms with Crippen LogP contribution in [0.2, 0.25) is 0 Å². The lowest BCUT2D eigenvalue weighted by Crippen LogP contribution is -2.64. The molecule has 0 atom stereocenters. The molecule has 9 heteroatoms. The first-order valence-corrected chi connectivity index (χ1v) is 16.4. The molecule has 9 nitrogen and oxygen atoms in total. The van der Waals surface area contributed by atoms with Gasteiger partial charge in [-0.2, -0.15) is 0 Å². The number of nitrogens with one attached hydrogen (secondary N) is 2. The third-order valence-corrected chi connectivity index (χ3v) is 11.1. The molecule has 2 aromatic rings. The summed E-state index contributed by atoms with van der Waals surface area (Å²) < 4.78 is 5.43. The highest BCUT2D eigenvalue weighted by molar-refractivity contribution is 5.96. The number of benzene rings is 2. The number of anilines is 1. The summed E-state index contributed by atoms with van der Waals surface area (Å²) in [6.45, 7) is 1.86. The van der Waals surface area contributed by atoms with E-state index in [0.717, 1.165) is 54.0 Å². The molecule has 1 spiro atoms. The molecule has 4 bridgehead atoms. The topological polar surface area (TPSA) is 94.2 Å². The van der Waals surface area contributed by atoms with Crippen LogP contribution in [0, 0.1) is 17.8 Å². The summed E-state index contributed by atoms with van der Waals surface area (Å²) in [4.78, 5) is 46.5. The van der Waals surface area contributed by atoms with Gasteiger partial charge in [-0.1, -0.05) is 36.4 Å². The fraction of sp³-hybridized carbons (Fsp3) is 0.571. The van der Waals surface area contributed by atoms with Gasteiger partial charge >= 0.3 is 6.03 Å². The van der Waals surface area contributed by atoms with Crippen molar-refractivity contribution in [2.24, 2.45) is 17.8 Å². The molecule has 2 aromatic carbocycles.